The van der Waals surface area contributed by atoms with Gasteiger partial charge in [-0.15, -0.1) is 11.6 Å². The zero-order valence-corrected chi connectivity index (χ0v) is 15.3. The molecule has 0 saturated carbocycles. The molecule has 7 heteroatoms. The number of hydrogen-bond donors (Lipinski definition) is 0. The maximum atomic E-state index is 12.9. The largest absolute Gasteiger partial charge is 0.476 e. The summed E-state index contributed by atoms with van der Waals surface area (Å²) in [5.74, 6) is 0.671. The van der Waals surface area contributed by atoms with Gasteiger partial charge in [0.25, 0.3) is 5.91 Å². The second kappa shape index (κ2) is 6.19. The number of halogens is 1. The Kier molecular flexibility index (Phi) is 4.33. The molecule has 2 heterocycles. The third kappa shape index (κ3) is 3.02. The zero-order valence-electron chi connectivity index (χ0n) is 14.6. The zero-order chi connectivity index (χ0) is 18.4. The Morgan fingerprint density at radius 1 is 1.32 bits per heavy atom. The summed E-state index contributed by atoms with van der Waals surface area (Å²) in [6, 6.07) is 5.00. The topological polar surface area (TPSA) is 72.6 Å². The summed E-state index contributed by atoms with van der Waals surface area (Å²) in [5.41, 5.74) is 1.54. The summed E-state index contributed by atoms with van der Waals surface area (Å²) in [6.45, 7) is 7.36. The van der Waals surface area contributed by atoms with Gasteiger partial charge in [0, 0.05) is 11.1 Å². The first kappa shape index (κ1) is 17.5. The number of anilines is 1. The van der Waals surface area contributed by atoms with E-state index < -0.39 is 5.60 Å². The van der Waals surface area contributed by atoms with Crippen LogP contribution in [0.25, 0.3) is 0 Å². The van der Waals surface area contributed by atoms with Crippen molar-refractivity contribution in [3.05, 3.63) is 40.8 Å². The SMILES string of the molecule is Cc1noc(C)c1CN1C(=O)C(C)(C)Oc2ccc(C(=O)CCl)cc21. The van der Waals surface area contributed by atoms with Crippen LogP contribution in [0, 0.1) is 13.8 Å². The standard InChI is InChI=1S/C18H19ClN2O4/c1-10-13(11(2)25-20-10)9-21-14-7-12(15(22)8-19)5-6-16(14)24-18(3,4)17(21)23/h5-7H,8-9H2,1-4H3. The molecule has 6 nitrogen and oxygen atoms in total. The Bertz CT molecular complexity index is 837. The number of Topliss-reactive ketones (excluding diaryl/α,β-unsaturated/α-hetero) is 1. The van der Waals surface area contributed by atoms with E-state index in [1.165, 1.54) is 0 Å². The van der Waals surface area contributed by atoms with Gasteiger partial charge in [-0.25, -0.2) is 0 Å². The third-order valence-corrected chi connectivity index (χ3v) is 4.56. The average Bonchev–Trinajstić information content (AvgIpc) is 2.89. The van der Waals surface area contributed by atoms with Crippen molar-refractivity contribution < 1.29 is 18.8 Å². The lowest BCUT2D eigenvalue weighted by Gasteiger charge is -2.39. The first-order valence-corrected chi connectivity index (χ1v) is 8.44. The maximum absolute atomic E-state index is 12.9. The third-order valence-electron chi connectivity index (χ3n) is 4.32. The number of aromatic nitrogens is 1. The second-order valence-corrected chi connectivity index (χ2v) is 6.81. The van der Waals surface area contributed by atoms with Gasteiger partial charge in [0.05, 0.1) is 23.8 Å². The number of hydrogen-bond acceptors (Lipinski definition) is 5. The minimum Gasteiger partial charge on any atom is -0.476 e. The first-order chi connectivity index (χ1) is 11.7. The van der Waals surface area contributed by atoms with Crippen molar-refractivity contribution in [1.29, 1.82) is 0 Å². The van der Waals surface area contributed by atoms with E-state index in [0.29, 0.717) is 22.8 Å². The molecule has 132 valence electrons. The van der Waals surface area contributed by atoms with Crippen LogP contribution >= 0.6 is 11.6 Å². The molecule has 0 aliphatic carbocycles. The fourth-order valence-corrected chi connectivity index (χ4v) is 3.02. The van der Waals surface area contributed by atoms with Gasteiger partial charge in [-0.3, -0.25) is 9.59 Å². The van der Waals surface area contributed by atoms with Gasteiger partial charge in [0.2, 0.25) is 0 Å². The maximum Gasteiger partial charge on any atom is 0.271 e. The van der Waals surface area contributed by atoms with Crippen molar-refractivity contribution in [1.82, 2.24) is 5.16 Å². The molecule has 2 aromatic rings. The number of amides is 1. The van der Waals surface area contributed by atoms with Crippen LogP contribution in [0.1, 0.15) is 41.2 Å². The molecule has 0 fully saturated rings. The van der Waals surface area contributed by atoms with Crippen LogP contribution in [0.15, 0.2) is 22.7 Å². The Morgan fingerprint density at radius 3 is 2.64 bits per heavy atom. The molecule has 25 heavy (non-hydrogen) atoms. The summed E-state index contributed by atoms with van der Waals surface area (Å²) < 4.78 is 11.0. The van der Waals surface area contributed by atoms with E-state index >= 15 is 0 Å². The summed E-state index contributed by atoms with van der Waals surface area (Å²) in [7, 11) is 0. The highest BCUT2D eigenvalue weighted by Gasteiger charge is 2.41. The summed E-state index contributed by atoms with van der Waals surface area (Å²) in [5, 5.41) is 3.94. The molecule has 3 rings (SSSR count). The number of benzene rings is 1. The van der Waals surface area contributed by atoms with E-state index in [1.54, 1.807) is 43.9 Å². The molecule has 0 spiro atoms. The molecule has 1 aliphatic rings. The van der Waals surface area contributed by atoms with Crippen LogP contribution in [0.4, 0.5) is 5.69 Å². The van der Waals surface area contributed by atoms with E-state index in [2.05, 4.69) is 5.16 Å². The number of ether oxygens (including phenoxy) is 1. The number of ketones is 1. The molecule has 0 unspecified atom stereocenters. The number of nitrogens with zero attached hydrogens (tertiary/aromatic N) is 2. The predicted molar refractivity (Wildman–Crippen MR) is 93.4 cm³/mol. The van der Waals surface area contributed by atoms with Crippen LogP contribution < -0.4 is 9.64 Å². The summed E-state index contributed by atoms with van der Waals surface area (Å²) in [6.07, 6.45) is 0. The van der Waals surface area contributed by atoms with Crippen LogP contribution in [-0.2, 0) is 11.3 Å². The number of alkyl halides is 1. The van der Waals surface area contributed by atoms with Crippen molar-refractivity contribution in [2.75, 3.05) is 10.8 Å². The molecule has 0 N–H and O–H groups in total. The molecular weight excluding hydrogens is 344 g/mol. The lowest BCUT2D eigenvalue weighted by atomic mass is 10.0. The van der Waals surface area contributed by atoms with Crippen LogP contribution in [0.3, 0.4) is 0 Å². The molecule has 1 aromatic heterocycles. The van der Waals surface area contributed by atoms with Gasteiger partial charge in [0.1, 0.15) is 11.5 Å². The highest BCUT2D eigenvalue weighted by Crippen LogP contribution is 2.39. The summed E-state index contributed by atoms with van der Waals surface area (Å²) >= 11 is 5.65. The number of aryl methyl sites for hydroxylation is 2. The van der Waals surface area contributed by atoms with E-state index in [9.17, 15) is 9.59 Å². The predicted octanol–water partition coefficient (Wildman–Crippen LogP) is 3.42. The number of carbonyl (C=O) groups is 2. The molecule has 0 saturated heterocycles. The number of rotatable bonds is 4. The molecule has 1 aromatic carbocycles. The summed E-state index contributed by atoms with van der Waals surface area (Å²) in [4.78, 5) is 26.5. The molecule has 1 aliphatic heterocycles. The second-order valence-electron chi connectivity index (χ2n) is 6.55. The van der Waals surface area contributed by atoms with Crippen LogP contribution in [0.2, 0.25) is 0 Å². The number of carbonyl (C=O) groups excluding carboxylic acids is 2. The fraction of sp³-hybridized carbons (Fsp3) is 0.389. The Labute approximate surface area is 150 Å². The smallest absolute Gasteiger partial charge is 0.271 e. The van der Waals surface area contributed by atoms with Gasteiger partial charge < -0.3 is 14.2 Å². The fourth-order valence-electron chi connectivity index (χ4n) is 2.86. The van der Waals surface area contributed by atoms with E-state index in [4.69, 9.17) is 20.9 Å². The van der Waals surface area contributed by atoms with Crippen LogP contribution in [0.5, 0.6) is 5.75 Å². The van der Waals surface area contributed by atoms with Gasteiger partial charge in [-0.1, -0.05) is 5.16 Å². The Hall–Kier alpha value is -2.34. The van der Waals surface area contributed by atoms with Crippen molar-refractivity contribution in [3.8, 4) is 5.75 Å². The van der Waals surface area contributed by atoms with Crippen molar-refractivity contribution in [3.63, 3.8) is 0 Å². The average molecular weight is 363 g/mol. The number of fused-ring (bicyclic) bond motifs is 1. The molecule has 1 amide bonds. The molecule has 0 atom stereocenters. The highest BCUT2D eigenvalue weighted by molar-refractivity contribution is 6.30. The lowest BCUT2D eigenvalue weighted by Crippen LogP contribution is -2.52. The van der Waals surface area contributed by atoms with E-state index in [0.717, 1.165) is 11.3 Å². The molecular formula is C18H19ClN2O4. The normalized spacial score (nSPS) is 15.7. The monoisotopic (exact) mass is 362 g/mol. The van der Waals surface area contributed by atoms with E-state index in [1.807, 2.05) is 6.92 Å². The van der Waals surface area contributed by atoms with E-state index in [-0.39, 0.29) is 24.1 Å². The van der Waals surface area contributed by atoms with Gasteiger partial charge in [0.15, 0.2) is 11.4 Å². The van der Waals surface area contributed by atoms with Gasteiger partial charge in [-0.05, 0) is 45.9 Å². The van der Waals surface area contributed by atoms with Crippen LogP contribution in [-0.4, -0.2) is 28.3 Å². The first-order valence-electron chi connectivity index (χ1n) is 7.90. The van der Waals surface area contributed by atoms with Crippen molar-refractivity contribution >= 4 is 29.0 Å². The Balaban J connectivity index is 2.10. The molecule has 0 radical (unpaired) electrons. The Morgan fingerprint density at radius 2 is 2.04 bits per heavy atom. The minimum absolute atomic E-state index is 0.122. The lowest BCUT2D eigenvalue weighted by molar-refractivity contribution is -0.132. The van der Waals surface area contributed by atoms with Crippen molar-refractivity contribution in [2.24, 2.45) is 0 Å². The highest BCUT2D eigenvalue weighted by atomic mass is 35.5. The van der Waals surface area contributed by atoms with Crippen molar-refractivity contribution in [2.45, 2.75) is 39.8 Å². The minimum atomic E-state index is -1.01. The van der Waals surface area contributed by atoms with Gasteiger partial charge >= 0.3 is 0 Å². The molecule has 0 bridgehead atoms. The van der Waals surface area contributed by atoms with Gasteiger partial charge in [-0.2, -0.15) is 0 Å². The quantitative estimate of drug-likeness (QED) is 0.615.